The first kappa shape index (κ1) is 8.34. The van der Waals surface area contributed by atoms with Crippen LogP contribution in [0.4, 0.5) is 0 Å². The number of aryl methyl sites for hydroxylation is 1. The molecule has 15 heavy (non-hydrogen) atoms. The molecule has 2 aromatic rings. The Balaban J connectivity index is 2.29. The van der Waals surface area contributed by atoms with Gasteiger partial charge in [0, 0.05) is 7.05 Å². The smallest absolute Gasteiger partial charge is 0.237 e. The maximum atomic E-state index is 5.39. The van der Waals surface area contributed by atoms with Gasteiger partial charge in [-0.25, -0.2) is 19.9 Å². The minimum Gasteiger partial charge on any atom is -0.474 e. The second-order valence-corrected chi connectivity index (χ2v) is 3.29. The number of nitrogens with zero attached hydrogens (tertiary/aromatic N) is 5. The van der Waals surface area contributed by atoms with E-state index in [1.807, 2.05) is 11.6 Å². The van der Waals surface area contributed by atoms with Crippen LogP contribution in [-0.4, -0.2) is 38.6 Å². The summed E-state index contributed by atoms with van der Waals surface area (Å²) in [5, 5.41) is 0. The first-order chi connectivity index (χ1) is 7.36. The lowest BCUT2D eigenvalue weighted by atomic mass is 10.3. The molecule has 0 atom stereocenters. The maximum Gasteiger partial charge on any atom is 0.237 e. The molecule has 2 aromatic heterocycles. The summed E-state index contributed by atoms with van der Waals surface area (Å²) in [6, 6.07) is 0. The summed E-state index contributed by atoms with van der Waals surface area (Å²) in [5.41, 5.74) is 2.25. The molecule has 0 saturated heterocycles. The van der Waals surface area contributed by atoms with Crippen LogP contribution < -0.4 is 0 Å². The number of fused-ring (bicyclic) bond motifs is 1. The molecule has 6 heteroatoms. The number of aromatic nitrogens is 4. The van der Waals surface area contributed by atoms with Gasteiger partial charge in [-0.1, -0.05) is 0 Å². The summed E-state index contributed by atoms with van der Waals surface area (Å²) in [7, 11) is 1.90. The zero-order valence-corrected chi connectivity index (χ0v) is 8.21. The predicted molar refractivity (Wildman–Crippen MR) is 53.7 cm³/mol. The van der Waals surface area contributed by atoms with Crippen molar-refractivity contribution in [2.75, 3.05) is 13.2 Å². The molecular formula is C9H9N5O. The zero-order chi connectivity index (χ0) is 10.3. The molecule has 1 aliphatic heterocycles. The van der Waals surface area contributed by atoms with E-state index in [4.69, 9.17) is 4.74 Å². The lowest BCUT2D eigenvalue weighted by Gasteiger charge is -2.02. The molecule has 0 amide bonds. The lowest BCUT2D eigenvalue weighted by Crippen LogP contribution is -2.07. The van der Waals surface area contributed by atoms with E-state index in [1.54, 1.807) is 6.33 Å². The fourth-order valence-electron chi connectivity index (χ4n) is 1.62. The molecule has 0 aromatic carbocycles. The highest BCUT2D eigenvalue weighted by atomic mass is 16.5. The van der Waals surface area contributed by atoms with Gasteiger partial charge in [0.05, 0.1) is 12.9 Å². The Hall–Kier alpha value is -1.98. The Morgan fingerprint density at radius 3 is 3.07 bits per heavy atom. The standard InChI is InChI=1S/C9H9N5O/c1-14-5-13-8-7(14)6(11-4-12-8)9-10-2-3-15-9/h4-5H,2-3H2,1H3. The Kier molecular flexibility index (Phi) is 1.67. The zero-order valence-electron chi connectivity index (χ0n) is 8.21. The Labute approximate surface area is 85.7 Å². The van der Waals surface area contributed by atoms with Gasteiger partial charge in [0.25, 0.3) is 0 Å². The monoisotopic (exact) mass is 203 g/mol. The predicted octanol–water partition coefficient (Wildman–Crippen LogP) is 0.140. The van der Waals surface area contributed by atoms with Crippen molar-refractivity contribution in [2.45, 2.75) is 0 Å². The van der Waals surface area contributed by atoms with Crippen molar-refractivity contribution in [3.63, 3.8) is 0 Å². The molecule has 0 N–H and O–H groups in total. The van der Waals surface area contributed by atoms with Crippen LogP contribution >= 0.6 is 0 Å². The molecule has 0 fully saturated rings. The highest BCUT2D eigenvalue weighted by molar-refractivity contribution is 6.02. The van der Waals surface area contributed by atoms with Gasteiger partial charge in [0.2, 0.25) is 5.90 Å². The third kappa shape index (κ3) is 1.18. The third-order valence-corrected chi connectivity index (χ3v) is 2.30. The average Bonchev–Trinajstić information content (AvgIpc) is 2.88. The average molecular weight is 203 g/mol. The largest absolute Gasteiger partial charge is 0.474 e. The normalized spacial score (nSPS) is 15.4. The number of rotatable bonds is 1. The van der Waals surface area contributed by atoms with E-state index < -0.39 is 0 Å². The third-order valence-electron chi connectivity index (χ3n) is 2.30. The van der Waals surface area contributed by atoms with Gasteiger partial charge in [0.1, 0.15) is 18.5 Å². The summed E-state index contributed by atoms with van der Waals surface area (Å²) >= 11 is 0. The van der Waals surface area contributed by atoms with E-state index in [1.165, 1.54) is 6.33 Å². The molecule has 3 rings (SSSR count). The SMILES string of the molecule is Cn1cnc2ncnc(C3=NCCO3)c21. The number of ether oxygens (including phenoxy) is 1. The van der Waals surface area contributed by atoms with Crippen LogP contribution in [0.2, 0.25) is 0 Å². The van der Waals surface area contributed by atoms with Crippen LogP contribution in [0, 0.1) is 0 Å². The first-order valence-electron chi connectivity index (χ1n) is 4.66. The van der Waals surface area contributed by atoms with Crippen molar-refractivity contribution in [1.82, 2.24) is 19.5 Å². The number of aliphatic imine (C=N–C) groups is 1. The summed E-state index contributed by atoms with van der Waals surface area (Å²) in [6.07, 6.45) is 3.19. The molecule has 3 heterocycles. The van der Waals surface area contributed by atoms with Crippen molar-refractivity contribution < 1.29 is 4.74 Å². The topological polar surface area (TPSA) is 65.2 Å². The first-order valence-corrected chi connectivity index (χ1v) is 4.66. The van der Waals surface area contributed by atoms with Gasteiger partial charge in [-0.15, -0.1) is 0 Å². The minimum absolute atomic E-state index is 0.589. The summed E-state index contributed by atoms with van der Waals surface area (Å²) in [4.78, 5) is 16.7. The second-order valence-electron chi connectivity index (χ2n) is 3.29. The van der Waals surface area contributed by atoms with Crippen LogP contribution in [-0.2, 0) is 11.8 Å². The van der Waals surface area contributed by atoms with Crippen molar-refractivity contribution in [2.24, 2.45) is 12.0 Å². The molecule has 0 unspecified atom stereocenters. The minimum atomic E-state index is 0.589. The fourth-order valence-corrected chi connectivity index (χ4v) is 1.62. The van der Waals surface area contributed by atoms with Gasteiger partial charge in [-0.2, -0.15) is 0 Å². The maximum absolute atomic E-state index is 5.39. The lowest BCUT2D eigenvalue weighted by molar-refractivity contribution is 0.347. The van der Waals surface area contributed by atoms with Crippen molar-refractivity contribution in [3.8, 4) is 0 Å². The van der Waals surface area contributed by atoms with Crippen LogP contribution in [0.1, 0.15) is 5.69 Å². The molecule has 0 saturated carbocycles. The highest BCUT2D eigenvalue weighted by Crippen LogP contribution is 2.15. The van der Waals surface area contributed by atoms with Gasteiger partial charge in [0.15, 0.2) is 11.3 Å². The molecule has 0 radical (unpaired) electrons. The van der Waals surface area contributed by atoms with Crippen molar-refractivity contribution in [3.05, 3.63) is 18.3 Å². The van der Waals surface area contributed by atoms with Gasteiger partial charge in [-0.05, 0) is 0 Å². The second kappa shape index (κ2) is 3.01. The molecular weight excluding hydrogens is 194 g/mol. The molecule has 76 valence electrons. The van der Waals surface area contributed by atoms with Crippen LogP contribution in [0.3, 0.4) is 0 Å². The van der Waals surface area contributed by atoms with E-state index in [0.717, 1.165) is 11.2 Å². The summed E-state index contributed by atoms with van der Waals surface area (Å²) in [6.45, 7) is 1.32. The summed E-state index contributed by atoms with van der Waals surface area (Å²) in [5.74, 6) is 0.589. The molecule has 0 bridgehead atoms. The van der Waals surface area contributed by atoms with Crippen LogP contribution in [0.15, 0.2) is 17.6 Å². The number of hydrogen-bond donors (Lipinski definition) is 0. The number of imidazole rings is 1. The van der Waals surface area contributed by atoms with E-state index in [0.29, 0.717) is 24.7 Å². The molecule has 6 nitrogen and oxygen atoms in total. The van der Waals surface area contributed by atoms with Gasteiger partial charge < -0.3 is 9.30 Å². The highest BCUT2D eigenvalue weighted by Gasteiger charge is 2.17. The molecule has 1 aliphatic rings. The van der Waals surface area contributed by atoms with Crippen molar-refractivity contribution >= 4 is 17.1 Å². The van der Waals surface area contributed by atoms with Crippen molar-refractivity contribution in [1.29, 1.82) is 0 Å². The van der Waals surface area contributed by atoms with Gasteiger partial charge >= 0.3 is 0 Å². The molecule has 0 spiro atoms. The Morgan fingerprint density at radius 1 is 1.33 bits per heavy atom. The van der Waals surface area contributed by atoms with E-state index in [-0.39, 0.29) is 0 Å². The van der Waals surface area contributed by atoms with E-state index in [9.17, 15) is 0 Å². The van der Waals surface area contributed by atoms with E-state index >= 15 is 0 Å². The quantitative estimate of drug-likeness (QED) is 0.661. The van der Waals surface area contributed by atoms with E-state index in [2.05, 4.69) is 19.9 Å². The Bertz CT molecular complexity index is 544. The van der Waals surface area contributed by atoms with Gasteiger partial charge in [-0.3, -0.25) is 0 Å². The van der Waals surface area contributed by atoms with Crippen LogP contribution in [0.25, 0.3) is 11.2 Å². The summed E-state index contributed by atoms with van der Waals surface area (Å²) < 4.78 is 7.26. The Morgan fingerprint density at radius 2 is 2.27 bits per heavy atom. The number of hydrogen-bond acceptors (Lipinski definition) is 5. The van der Waals surface area contributed by atoms with Crippen LogP contribution in [0.5, 0.6) is 0 Å². The molecule has 0 aliphatic carbocycles. The fraction of sp³-hybridized carbons (Fsp3) is 0.333.